The largest absolute Gasteiger partial charge is 0.459 e. The van der Waals surface area contributed by atoms with E-state index in [2.05, 4.69) is 10.5 Å². The van der Waals surface area contributed by atoms with Crippen LogP contribution < -0.4 is 5.32 Å². The van der Waals surface area contributed by atoms with Crippen molar-refractivity contribution in [2.45, 2.75) is 24.1 Å². The second kappa shape index (κ2) is 6.94. The van der Waals surface area contributed by atoms with Gasteiger partial charge in [-0.05, 0) is 25.1 Å². The number of hydrogen-bond acceptors (Lipinski definition) is 6. The molecule has 0 atom stereocenters. The standard InChI is InChI=1S/C17H16N2O5S/c1-12-9-14(19-24-12)10-18-17(20)16-13(7-8-23-16)11-25(21,22)15-5-3-2-4-6-15/h2-9H,10-11H2,1H3,(H,18,20). The lowest BCUT2D eigenvalue weighted by molar-refractivity contribution is 0.0921. The summed E-state index contributed by atoms with van der Waals surface area (Å²) in [5, 5.41) is 6.40. The minimum absolute atomic E-state index is 0.0280. The molecule has 3 aromatic rings. The number of nitrogens with zero attached hydrogens (tertiary/aromatic N) is 1. The fourth-order valence-corrected chi connectivity index (χ4v) is 3.69. The van der Waals surface area contributed by atoms with Gasteiger partial charge in [0.25, 0.3) is 5.91 Å². The van der Waals surface area contributed by atoms with Crippen molar-refractivity contribution in [2.24, 2.45) is 0 Å². The van der Waals surface area contributed by atoms with Crippen molar-refractivity contribution in [1.29, 1.82) is 0 Å². The summed E-state index contributed by atoms with van der Waals surface area (Å²) in [6, 6.07) is 11.2. The Kier molecular flexibility index (Phi) is 4.71. The van der Waals surface area contributed by atoms with Gasteiger partial charge in [-0.1, -0.05) is 23.4 Å². The molecule has 7 nitrogen and oxygen atoms in total. The molecule has 0 spiro atoms. The molecule has 0 saturated heterocycles. The molecule has 0 unspecified atom stereocenters. The Morgan fingerprint density at radius 3 is 2.64 bits per heavy atom. The zero-order valence-electron chi connectivity index (χ0n) is 13.4. The number of aromatic nitrogens is 1. The third-order valence-corrected chi connectivity index (χ3v) is 5.19. The minimum Gasteiger partial charge on any atom is -0.459 e. The number of carbonyl (C=O) groups excluding carboxylic acids is 1. The molecule has 8 heteroatoms. The van der Waals surface area contributed by atoms with E-state index in [9.17, 15) is 13.2 Å². The van der Waals surface area contributed by atoms with Crippen LogP contribution in [0.2, 0.25) is 0 Å². The summed E-state index contributed by atoms with van der Waals surface area (Å²) in [5.41, 5.74) is 0.869. The molecule has 0 radical (unpaired) electrons. The molecule has 1 N–H and O–H groups in total. The predicted molar refractivity (Wildman–Crippen MR) is 88.5 cm³/mol. The van der Waals surface area contributed by atoms with Gasteiger partial charge in [-0.15, -0.1) is 0 Å². The van der Waals surface area contributed by atoms with E-state index in [4.69, 9.17) is 8.94 Å². The fourth-order valence-electron chi connectivity index (χ4n) is 2.32. The average Bonchev–Trinajstić information content (AvgIpc) is 3.22. The van der Waals surface area contributed by atoms with Crippen molar-refractivity contribution < 1.29 is 22.2 Å². The van der Waals surface area contributed by atoms with Gasteiger partial charge in [0.1, 0.15) is 11.5 Å². The quantitative estimate of drug-likeness (QED) is 0.724. The Morgan fingerprint density at radius 1 is 1.20 bits per heavy atom. The van der Waals surface area contributed by atoms with Crippen molar-refractivity contribution in [1.82, 2.24) is 10.5 Å². The Hall–Kier alpha value is -2.87. The highest BCUT2D eigenvalue weighted by atomic mass is 32.2. The van der Waals surface area contributed by atoms with Gasteiger partial charge < -0.3 is 14.3 Å². The van der Waals surface area contributed by atoms with E-state index in [0.717, 1.165) is 0 Å². The zero-order chi connectivity index (χ0) is 17.9. The normalized spacial score (nSPS) is 11.4. The van der Waals surface area contributed by atoms with Crippen LogP contribution in [0.5, 0.6) is 0 Å². The van der Waals surface area contributed by atoms with Crippen LogP contribution >= 0.6 is 0 Å². The molecule has 2 heterocycles. The average molecular weight is 360 g/mol. The first kappa shape index (κ1) is 17.0. The lowest BCUT2D eigenvalue weighted by Gasteiger charge is -2.05. The first-order valence-electron chi connectivity index (χ1n) is 7.50. The van der Waals surface area contributed by atoms with E-state index < -0.39 is 15.7 Å². The maximum Gasteiger partial charge on any atom is 0.287 e. The first-order chi connectivity index (χ1) is 12.0. The molecule has 0 saturated carbocycles. The third kappa shape index (κ3) is 3.97. The van der Waals surface area contributed by atoms with Gasteiger partial charge in [0.15, 0.2) is 15.6 Å². The van der Waals surface area contributed by atoms with E-state index in [-0.39, 0.29) is 23.0 Å². The lowest BCUT2D eigenvalue weighted by Crippen LogP contribution is -2.24. The summed E-state index contributed by atoms with van der Waals surface area (Å²) in [5.74, 6) is -0.222. The van der Waals surface area contributed by atoms with E-state index in [0.29, 0.717) is 17.0 Å². The van der Waals surface area contributed by atoms with E-state index in [1.165, 1.54) is 24.5 Å². The second-order valence-electron chi connectivity index (χ2n) is 5.46. The van der Waals surface area contributed by atoms with Crippen LogP contribution in [0.1, 0.15) is 27.6 Å². The van der Waals surface area contributed by atoms with Crippen molar-refractivity contribution in [2.75, 3.05) is 0 Å². The SMILES string of the molecule is Cc1cc(CNC(=O)c2occc2CS(=O)(=O)c2ccccc2)no1. The van der Waals surface area contributed by atoms with Gasteiger partial charge in [-0.25, -0.2) is 8.42 Å². The Bertz CT molecular complexity index is 973. The number of nitrogens with one attached hydrogen (secondary N) is 1. The molecule has 0 aliphatic rings. The summed E-state index contributed by atoms with van der Waals surface area (Å²) < 4.78 is 35.0. The summed E-state index contributed by atoms with van der Waals surface area (Å²) in [6.07, 6.45) is 1.30. The highest BCUT2D eigenvalue weighted by Gasteiger charge is 2.22. The van der Waals surface area contributed by atoms with Crippen molar-refractivity contribution in [3.63, 3.8) is 0 Å². The molecular formula is C17H16N2O5S. The fraction of sp³-hybridized carbons (Fsp3) is 0.176. The highest BCUT2D eigenvalue weighted by molar-refractivity contribution is 7.90. The molecule has 0 aliphatic carbocycles. The Labute approximate surface area is 144 Å². The van der Waals surface area contributed by atoms with Gasteiger partial charge in [0, 0.05) is 11.6 Å². The highest BCUT2D eigenvalue weighted by Crippen LogP contribution is 2.20. The van der Waals surface area contributed by atoms with E-state index >= 15 is 0 Å². The summed E-state index contributed by atoms with van der Waals surface area (Å²) in [4.78, 5) is 12.5. The van der Waals surface area contributed by atoms with Crippen LogP contribution in [0.25, 0.3) is 0 Å². The molecule has 130 valence electrons. The van der Waals surface area contributed by atoms with Crippen LogP contribution in [-0.2, 0) is 22.1 Å². The number of rotatable bonds is 6. The third-order valence-electron chi connectivity index (χ3n) is 3.51. The van der Waals surface area contributed by atoms with Crippen molar-refractivity contribution in [3.8, 4) is 0 Å². The van der Waals surface area contributed by atoms with Crippen LogP contribution in [0.15, 0.2) is 62.6 Å². The first-order valence-corrected chi connectivity index (χ1v) is 9.15. The number of aryl methyl sites for hydroxylation is 1. The van der Waals surface area contributed by atoms with Gasteiger partial charge in [-0.3, -0.25) is 4.79 Å². The number of amides is 1. The number of carbonyl (C=O) groups is 1. The summed E-state index contributed by atoms with van der Waals surface area (Å²) in [7, 11) is -3.57. The van der Waals surface area contributed by atoms with Crippen molar-refractivity contribution in [3.05, 3.63) is 71.5 Å². The van der Waals surface area contributed by atoms with Gasteiger partial charge >= 0.3 is 0 Å². The molecule has 3 rings (SSSR count). The maximum atomic E-state index is 12.5. The topological polar surface area (TPSA) is 102 Å². The molecular weight excluding hydrogens is 344 g/mol. The number of benzene rings is 1. The predicted octanol–water partition coefficient (Wildman–Crippen LogP) is 2.48. The molecule has 2 aromatic heterocycles. The van der Waals surface area contributed by atoms with E-state index in [1.807, 2.05) is 0 Å². The monoisotopic (exact) mass is 360 g/mol. The molecule has 0 bridgehead atoms. The maximum absolute atomic E-state index is 12.5. The van der Waals surface area contributed by atoms with Crippen LogP contribution in [0.3, 0.4) is 0 Å². The van der Waals surface area contributed by atoms with Crippen LogP contribution in [-0.4, -0.2) is 19.5 Å². The molecule has 1 aromatic carbocycles. The second-order valence-corrected chi connectivity index (χ2v) is 7.45. The molecule has 1 amide bonds. The van der Waals surface area contributed by atoms with Crippen LogP contribution in [0.4, 0.5) is 0 Å². The van der Waals surface area contributed by atoms with Gasteiger partial charge in [0.2, 0.25) is 0 Å². The van der Waals surface area contributed by atoms with E-state index in [1.54, 1.807) is 31.2 Å². The smallest absolute Gasteiger partial charge is 0.287 e. The number of furan rings is 1. The van der Waals surface area contributed by atoms with Crippen LogP contribution in [0, 0.1) is 6.92 Å². The molecule has 0 aliphatic heterocycles. The zero-order valence-corrected chi connectivity index (χ0v) is 14.2. The lowest BCUT2D eigenvalue weighted by atomic mass is 10.2. The van der Waals surface area contributed by atoms with Crippen molar-refractivity contribution >= 4 is 15.7 Å². The number of sulfone groups is 1. The molecule has 25 heavy (non-hydrogen) atoms. The Morgan fingerprint density at radius 2 is 1.96 bits per heavy atom. The Balaban J connectivity index is 1.73. The van der Waals surface area contributed by atoms with Gasteiger partial charge in [-0.2, -0.15) is 0 Å². The number of hydrogen-bond donors (Lipinski definition) is 1. The molecule has 0 fully saturated rings. The van der Waals surface area contributed by atoms with Gasteiger partial charge in [0.05, 0.1) is 23.5 Å². The summed E-state index contributed by atoms with van der Waals surface area (Å²) in [6.45, 7) is 1.90. The minimum atomic E-state index is -3.57. The summed E-state index contributed by atoms with van der Waals surface area (Å²) >= 11 is 0.